The lowest BCUT2D eigenvalue weighted by Crippen LogP contribution is -2.37. The monoisotopic (exact) mass is 295 g/mol. The van der Waals surface area contributed by atoms with Crippen LogP contribution in [0.3, 0.4) is 0 Å². The zero-order valence-electron chi connectivity index (χ0n) is 10.5. The lowest BCUT2D eigenvalue weighted by Gasteiger charge is -2.31. The molecule has 0 saturated heterocycles. The maximum Gasteiger partial charge on any atom is 0.101 e. The molecule has 92 valence electrons. The Morgan fingerprint density at radius 1 is 1.47 bits per heavy atom. The molecule has 0 amide bonds. The van der Waals surface area contributed by atoms with E-state index in [0.29, 0.717) is 12.1 Å². The fourth-order valence-electron chi connectivity index (χ4n) is 1.71. The molecule has 0 aliphatic carbocycles. The summed E-state index contributed by atoms with van der Waals surface area (Å²) in [6.07, 6.45) is 0. The van der Waals surface area contributed by atoms with E-state index >= 15 is 0 Å². The first-order valence-corrected chi connectivity index (χ1v) is 6.30. The number of nitriles is 1. The Bertz CT molecular complexity index is 435. The highest BCUT2D eigenvalue weighted by molar-refractivity contribution is 9.10. The van der Waals surface area contributed by atoms with Gasteiger partial charge in [-0.15, -0.1) is 0 Å². The van der Waals surface area contributed by atoms with Crippen LogP contribution in [0.15, 0.2) is 22.7 Å². The highest BCUT2D eigenvalue weighted by Crippen LogP contribution is 2.26. The maximum atomic E-state index is 9.10. The quantitative estimate of drug-likeness (QED) is 0.929. The number of rotatable bonds is 4. The van der Waals surface area contributed by atoms with Crippen molar-refractivity contribution >= 4 is 21.6 Å². The molecule has 1 aromatic rings. The first-order chi connectivity index (χ1) is 7.89. The SMILES string of the molecule is CN(CC(C)(C)CN)c1cc(Br)ccc1C#N. The number of hydrogen-bond acceptors (Lipinski definition) is 3. The summed E-state index contributed by atoms with van der Waals surface area (Å²) >= 11 is 3.43. The van der Waals surface area contributed by atoms with E-state index in [-0.39, 0.29) is 5.41 Å². The highest BCUT2D eigenvalue weighted by Gasteiger charge is 2.19. The van der Waals surface area contributed by atoms with Crippen molar-refractivity contribution in [3.63, 3.8) is 0 Å². The molecule has 0 unspecified atom stereocenters. The van der Waals surface area contributed by atoms with Gasteiger partial charge in [0.2, 0.25) is 0 Å². The largest absolute Gasteiger partial charge is 0.373 e. The van der Waals surface area contributed by atoms with Gasteiger partial charge in [-0.2, -0.15) is 5.26 Å². The maximum absolute atomic E-state index is 9.10. The van der Waals surface area contributed by atoms with E-state index in [4.69, 9.17) is 11.0 Å². The molecule has 17 heavy (non-hydrogen) atoms. The summed E-state index contributed by atoms with van der Waals surface area (Å²) < 4.78 is 0.976. The third-order valence-corrected chi connectivity index (χ3v) is 3.20. The minimum atomic E-state index is 0.0315. The number of anilines is 1. The second kappa shape index (κ2) is 5.52. The van der Waals surface area contributed by atoms with Crippen LogP contribution in [0.25, 0.3) is 0 Å². The topological polar surface area (TPSA) is 53.0 Å². The molecular formula is C13H18BrN3. The van der Waals surface area contributed by atoms with Gasteiger partial charge >= 0.3 is 0 Å². The Balaban J connectivity index is 3.00. The van der Waals surface area contributed by atoms with E-state index in [1.54, 1.807) is 0 Å². The van der Waals surface area contributed by atoms with Crippen LogP contribution in [0.1, 0.15) is 19.4 Å². The molecule has 0 fully saturated rings. The highest BCUT2D eigenvalue weighted by atomic mass is 79.9. The van der Waals surface area contributed by atoms with Crippen molar-refractivity contribution in [2.24, 2.45) is 11.1 Å². The van der Waals surface area contributed by atoms with Crippen molar-refractivity contribution < 1.29 is 0 Å². The van der Waals surface area contributed by atoms with Crippen molar-refractivity contribution in [1.82, 2.24) is 0 Å². The molecular weight excluding hydrogens is 278 g/mol. The lowest BCUT2D eigenvalue weighted by molar-refractivity contribution is 0.385. The van der Waals surface area contributed by atoms with Crippen molar-refractivity contribution in [3.05, 3.63) is 28.2 Å². The number of nitrogens with two attached hydrogens (primary N) is 1. The molecule has 0 aromatic heterocycles. The number of hydrogen-bond donors (Lipinski definition) is 1. The minimum absolute atomic E-state index is 0.0315. The van der Waals surface area contributed by atoms with Crippen molar-refractivity contribution in [1.29, 1.82) is 5.26 Å². The molecule has 1 aromatic carbocycles. The summed E-state index contributed by atoms with van der Waals surface area (Å²) in [4.78, 5) is 2.08. The Morgan fingerprint density at radius 3 is 2.65 bits per heavy atom. The summed E-state index contributed by atoms with van der Waals surface area (Å²) in [5.74, 6) is 0. The molecule has 0 aliphatic rings. The van der Waals surface area contributed by atoms with Crippen LogP contribution in [0.4, 0.5) is 5.69 Å². The standard InChI is InChI=1S/C13H18BrN3/c1-13(2,8-16)9-17(3)12-6-11(14)5-4-10(12)7-15/h4-6H,8-9,16H2,1-3H3. The first kappa shape index (κ1) is 14.0. The van der Waals surface area contributed by atoms with Crippen LogP contribution in [0.2, 0.25) is 0 Å². The zero-order chi connectivity index (χ0) is 13.1. The van der Waals surface area contributed by atoms with Gasteiger partial charge < -0.3 is 10.6 Å². The van der Waals surface area contributed by atoms with E-state index in [1.165, 1.54) is 0 Å². The van der Waals surface area contributed by atoms with Gasteiger partial charge in [0, 0.05) is 18.1 Å². The lowest BCUT2D eigenvalue weighted by atomic mass is 9.93. The van der Waals surface area contributed by atoms with Gasteiger partial charge in [-0.25, -0.2) is 0 Å². The molecule has 2 N–H and O–H groups in total. The summed E-state index contributed by atoms with van der Waals surface area (Å²) in [5, 5.41) is 9.10. The van der Waals surface area contributed by atoms with Gasteiger partial charge in [-0.1, -0.05) is 29.8 Å². The van der Waals surface area contributed by atoms with Gasteiger partial charge in [0.05, 0.1) is 11.3 Å². The zero-order valence-corrected chi connectivity index (χ0v) is 12.1. The third kappa shape index (κ3) is 3.72. The van der Waals surface area contributed by atoms with Crippen LogP contribution in [0.5, 0.6) is 0 Å². The number of halogens is 1. The van der Waals surface area contributed by atoms with Crippen molar-refractivity contribution in [2.75, 3.05) is 25.0 Å². The van der Waals surface area contributed by atoms with Gasteiger partial charge in [0.25, 0.3) is 0 Å². The molecule has 4 heteroatoms. The molecule has 0 spiro atoms. The normalized spacial score (nSPS) is 11.1. The van der Waals surface area contributed by atoms with Crippen LogP contribution < -0.4 is 10.6 Å². The van der Waals surface area contributed by atoms with E-state index < -0.39 is 0 Å². The summed E-state index contributed by atoms with van der Waals surface area (Å²) in [6.45, 7) is 5.67. The predicted octanol–water partition coefficient (Wildman–Crippen LogP) is 2.74. The first-order valence-electron chi connectivity index (χ1n) is 5.50. The molecule has 0 radical (unpaired) electrons. The van der Waals surface area contributed by atoms with E-state index in [9.17, 15) is 0 Å². The summed E-state index contributed by atoms with van der Waals surface area (Å²) in [6, 6.07) is 7.88. The summed E-state index contributed by atoms with van der Waals surface area (Å²) in [5.41, 5.74) is 7.38. The van der Waals surface area contributed by atoms with Crippen LogP contribution >= 0.6 is 15.9 Å². The van der Waals surface area contributed by atoms with E-state index in [0.717, 1.165) is 16.7 Å². The molecule has 0 bridgehead atoms. The number of nitrogens with zero attached hydrogens (tertiary/aromatic N) is 2. The second-order valence-electron chi connectivity index (χ2n) is 5.00. The molecule has 0 saturated carbocycles. The molecule has 3 nitrogen and oxygen atoms in total. The van der Waals surface area contributed by atoms with E-state index in [1.807, 2.05) is 25.2 Å². The average molecular weight is 296 g/mol. The third-order valence-electron chi connectivity index (χ3n) is 2.71. The molecule has 0 heterocycles. The second-order valence-corrected chi connectivity index (χ2v) is 5.91. The molecule has 0 atom stereocenters. The number of benzene rings is 1. The Hall–Kier alpha value is -1.05. The van der Waals surface area contributed by atoms with Crippen molar-refractivity contribution in [2.45, 2.75) is 13.8 Å². The van der Waals surface area contributed by atoms with E-state index in [2.05, 4.69) is 40.7 Å². The fraction of sp³-hybridized carbons (Fsp3) is 0.462. The van der Waals surface area contributed by atoms with Crippen LogP contribution in [0, 0.1) is 16.7 Å². The van der Waals surface area contributed by atoms with Crippen LogP contribution in [-0.4, -0.2) is 20.1 Å². The Labute approximate surface area is 111 Å². The van der Waals surface area contributed by atoms with Gasteiger partial charge in [-0.05, 0) is 30.2 Å². The predicted molar refractivity (Wildman–Crippen MR) is 75.0 cm³/mol. The Kier molecular flexibility index (Phi) is 4.55. The smallest absolute Gasteiger partial charge is 0.101 e. The minimum Gasteiger partial charge on any atom is -0.373 e. The summed E-state index contributed by atoms with van der Waals surface area (Å²) in [7, 11) is 1.99. The van der Waals surface area contributed by atoms with Gasteiger partial charge in [0.15, 0.2) is 0 Å². The Morgan fingerprint density at radius 2 is 2.12 bits per heavy atom. The fourth-order valence-corrected chi connectivity index (χ4v) is 2.06. The van der Waals surface area contributed by atoms with Crippen molar-refractivity contribution in [3.8, 4) is 6.07 Å². The van der Waals surface area contributed by atoms with Gasteiger partial charge in [-0.3, -0.25) is 0 Å². The van der Waals surface area contributed by atoms with Gasteiger partial charge in [0.1, 0.15) is 6.07 Å². The molecule has 1 rings (SSSR count). The molecule has 0 aliphatic heterocycles. The average Bonchev–Trinajstić information content (AvgIpc) is 2.28. The van der Waals surface area contributed by atoms with Crippen LogP contribution in [-0.2, 0) is 0 Å².